The number of hydrogen-bond donors (Lipinski definition) is 1. The summed E-state index contributed by atoms with van der Waals surface area (Å²) in [5, 5.41) is 2.99. The molecule has 1 amide bonds. The summed E-state index contributed by atoms with van der Waals surface area (Å²) < 4.78 is 1.10. The molecule has 1 heterocycles. The lowest BCUT2D eigenvalue weighted by molar-refractivity contribution is -0.122. The van der Waals surface area contributed by atoms with Gasteiger partial charge in [0.2, 0.25) is 0 Å². The molecule has 0 fully saturated rings. The van der Waals surface area contributed by atoms with Crippen molar-refractivity contribution in [3.63, 3.8) is 0 Å². The molecule has 1 aliphatic heterocycles. The van der Waals surface area contributed by atoms with Gasteiger partial charge in [-0.15, -0.1) is 0 Å². The topological polar surface area (TPSA) is 41.5 Å². The third kappa shape index (κ3) is 2.76. The van der Waals surface area contributed by atoms with Gasteiger partial charge in [-0.25, -0.2) is 4.99 Å². The third-order valence-electron chi connectivity index (χ3n) is 4.32. The second kappa shape index (κ2) is 6.44. The first-order chi connectivity index (χ1) is 12.2. The first kappa shape index (κ1) is 16.0. The van der Waals surface area contributed by atoms with Crippen molar-refractivity contribution in [3.8, 4) is 0 Å². The number of carbonyl (C=O) groups is 1. The minimum atomic E-state index is -1.06. The van der Waals surface area contributed by atoms with Crippen molar-refractivity contribution in [2.45, 2.75) is 5.54 Å². The van der Waals surface area contributed by atoms with Gasteiger partial charge >= 0.3 is 0 Å². The number of aliphatic imine (C=N–C) groups is 1. The second-order valence-corrected chi connectivity index (χ2v) is 7.11. The molecule has 0 saturated carbocycles. The molecular formula is C21H15IN2O. The van der Waals surface area contributed by atoms with Gasteiger partial charge in [0.15, 0.2) is 5.54 Å². The van der Waals surface area contributed by atoms with Crippen molar-refractivity contribution in [2.75, 3.05) is 0 Å². The molecule has 3 aromatic carbocycles. The van der Waals surface area contributed by atoms with E-state index in [0.717, 1.165) is 20.3 Å². The Kier molecular flexibility index (Phi) is 4.13. The zero-order valence-electron chi connectivity index (χ0n) is 13.3. The van der Waals surface area contributed by atoms with Crippen molar-refractivity contribution >= 4 is 34.3 Å². The summed E-state index contributed by atoms with van der Waals surface area (Å²) in [5.41, 5.74) is 1.58. The number of rotatable bonds is 3. The van der Waals surface area contributed by atoms with Gasteiger partial charge in [0.05, 0.1) is 0 Å². The van der Waals surface area contributed by atoms with Crippen LogP contribution in [-0.4, -0.2) is 11.7 Å². The monoisotopic (exact) mass is 438 g/mol. The highest BCUT2D eigenvalue weighted by Gasteiger charge is 2.46. The molecule has 4 heteroatoms. The zero-order valence-corrected chi connectivity index (χ0v) is 15.5. The molecule has 0 aromatic heterocycles. The number of halogens is 1. The SMILES string of the molecule is O=C1NC(c2cccc(I)c2)=NC1(c1ccccc1)c1ccccc1. The predicted octanol–water partition coefficient (Wildman–Crippen LogP) is 4.11. The highest BCUT2D eigenvalue weighted by Crippen LogP contribution is 2.37. The van der Waals surface area contributed by atoms with Crippen molar-refractivity contribution in [3.05, 3.63) is 105 Å². The van der Waals surface area contributed by atoms with E-state index >= 15 is 0 Å². The van der Waals surface area contributed by atoms with Gasteiger partial charge in [-0.05, 0) is 45.9 Å². The second-order valence-electron chi connectivity index (χ2n) is 5.87. The van der Waals surface area contributed by atoms with E-state index < -0.39 is 5.54 Å². The van der Waals surface area contributed by atoms with Crippen LogP contribution in [0.15, 0.2) is 89.9 Å². The van der Waals surface area contributed by atoms with Crippen molar-refractivity contribution in [2.24, 2.45) is 4.99 Å². The minimum Gasteiger partial charge on any atom is -0.308 e. The molecule has 3 nitrogen and oxygen atoms in total. The lowest BCUT2D eigenvalue weighted by Gasteiger charge is -2.24. The smallest absolute Gasteiger partial charge is 0.262 e. The summed E-state index contributed by atoms with van der Waals surface area (Å²) in [6, 6.07) is 27.4. The van der Waals surface area contributed by atoms with Crippen molar-refractivity contribution in [1.82, 2.24) is 5.32 Å². The molecule has 0 radical (unpaired) electrons. The lowest BCUT2D eigenvalue weighted by atomic mass is 9.83. The predicted molar refractivity (Wildman–Crippen MR) is 108 cm³/mol. The van der Waals surface area contributed by atoms with Gasteiger partial charge in [0.25, 0.3) is 5.91 Å². The maximum atomic E-state index is 13.1. The number of carbonyl (C=O) groups excluding carboxylic acids is 1. The van der Waals surface area contributed by atoms with Crippen molar-refractivity contribution in [1.29, 1.82) is 0 Å². The van der Waals surface area contributed by atoms with E-state index in [-0.39, 0.29) is 5.91 Å². The van der Waals surface area contributed by atoms with Crippen LogP contribution in [0.5, 0.6) is 0 Å². The average molecular weight is 438 g/mol. The van der Waals surface area contributed by atoms with E-state index in [1.807, 2.05) is 84.9 Å². The number of amides is 1. The molecular weight excluding hydrogens is 423 g/mol. The van der Waals surface area contributed by atoms with Gasteiger partial charge in [-0.1, -0.05) is 72.8 Å². The van der Waals surface area contributed by atoms with Crippen LogP contribution in [0, 0.1) is 3.57 Å². The van der Waals surface area contributed by atoms with Gasteiger partial charge in [-0.3, -0.25) is 4.79 Å². The van der Waals surface area contributed by atoms with Crippen LogP contribution in [0.2, 0.25) is 0 Å². The normalized spacial score (nSPS) is 15.6. The molecule has 0 bridgehead atoms. The first-order valence-electron chi connectivity index (χ1n) is 7.98. The minimum absolute atomic E-state index is 0.126. The van der Waals surface area contributed by atoms with Gasteiger partial charge in [-0.2, -0.15) is 0 Å². The Morgan fingerprint density at radius 2 is 1.40 bits per heavy atom. The largest absolute Gasteiger partial charge is 0.308 e. The fourth-order valence-corrected chi connectivity index (χ4v) is 3.68. The Labute approximate surface area is 160 Å². The Morgan fingerprint density at radius 3 is 1.96 bits per heavy atom. The zero-order chi connectivity index (χ0) is 17.3. The van der Waals surface area contributed by atoms with E-state index in [2.05, 4.69) is 27.9 Å². The molecule has 0 unspecified atom stereocenters. The summed E-state index contributed by atoms with van der Waals surface area (Å²) in [7, 11) is 0. The van der Waals surface area contributed by atoms with Crippen LogP contribution in [0.1, 0.15) is 16.7 Å². The molecule has 4 rings (SSSR count). The number of nitrogens with one attached hydrogen (secondary N) is 1. The summed E-state index contributed by atoms with van der Waals surface area (Å²) in [6.45, 7) is 0. The summed E-state index contributed by atoms with van der Waals surface area (Å²) in [6.07, 6.45) is 0. The van der Waals surface area contributed by atoms with Gasteiger partial charge in [0, 0.05) is 9.13 Å². The maximum Gasteiger partial charge on any atom is 0.262 e. The summed E-state index contributed by atoms with van der Waals surface area (Å²) in [4.78, 5) is 18.0. The lowest BCUT2D eigenvalue weighted by Crippen LogP contribution is -2.38. The van der Waals surface area contributed by atoms with Crippen LogP contribution < -0.4 is 5.32 Å². The molecule has 3 aromatic rings. The van der Waals surface area contributed by atoms with Crippen LogP contribution >= 0.6 is 22.6 Å². The van der Waals surface area contributed by atoms with E-state index in [1.165, 1.54) is 0 Å². The third-order valence-corrected chi connectivity index (χ3v) is 4.99. The average Bonchev–Trinajstić information content (AvgIpc) is 3.02. The molecule has 1 N–H and O–H groups in total. The fraction of sp³-hybridized carbons (Fsp3) is 0.0476. The molecule has 0 aliphatic carbocycles. The van der Waals surface area contributed by atoms with E-state index in [4.69, 9.17) is 4.99 Å². The first-order valence-corrected chi connectivity index (χ1v) is 9.06. The van der Waals surface area contributed by atoms with Gasteiger partial charge in [0.1, 0.15) is 5.84 Å². The van der Waals surface area contributed by atoms with Crippen LogP contribution in [0.3, 0.4) is 0 Å². The van der Waals surface area contributed by atoms with E-state index in [1.54, 1.807) is 0 Å². The molecule has 0 atom stereocenters. The highest BCUT2D eigenvalue weighted by molar-refractivity contribution is 14.1. The summed E-state index contributed by atoms with van der Waals surface area (Å²) >= 11 is 2.26. The van der Waals surface area contributed by atoms with E-state index in [9.17, 15) is 4.79 Å². The highest BCUT2D eigenvalue weighted by atomic mass is 127. The number of amidine groups is 1. The Morgan fingerprint density at radius 1 is 0.800 bits per heavy atom. The van der Waals surface area contributed by atoms with Crippen LogP contribution in [-0.2, 0) is 10.3 Å². The Hall–Kier alpha value is -2.47. The molecule has 0 spiro atoms. The Balaban J connectivity index is 1.94. The maximum absolute atomic E-state index is 13.1. The van der Waals surface area contributed by atoms with E-state index in [0.29, 0.717) is 5.84 Å². The molecule has 1 aliphatic rings. The fourth-order valence-electron chi connectivity index (χ4n) is 3.13. The number of hydrogen-bond acceptors (Lipinski definition) is 2. The summed E-state index contributed by atoms with van der Waals surface area (Å²) in [5.74, 6) is 0.481. The van der Waals surface area contributed by atoms with Crippen LogP contribution in [0.25, 0.3) is 0 Å². The van der Waals surface area contributed by atoms with Crippen molar-refractivity contribution < 1.29 is 4.79 Å². The Bertz CT molecular complexity index is 912. The molecule has 122 valence electrons. The van der Waals surface area contributed by atoms with Crippen LogP contribution in [0.4, 0.5) is 0 Å². The van der Waals surface area contributed by atoms with Gasteiger partial charge < -0.3 is 5.32 Å². The molecule has 25 heavy (non-hydrogen) atoms. The number of benzene rings is 3. The quantitative estimate of drug-likeness (QED) is 0.615. The molecule has 0 saturated heterocycles. The standard InChI is InChI=1S/C21H15IN2O/c22-18-13-7-8-15(14-18)19-23-20(25)21(24-19,16-9-3-1-4-10-16)17-11-5-2-6-12-17/h1-14H,(H,23,24,25). The number of nitrogens with zero attached hydrogens (tertiary/aromatic N) is 1.